The zero-order chi connectivity index (χ0) is 22.9. The van der Waals surface area contributed by atoms with Crippen LogP contribution in [0.5, 0.6) is 0 Å². The van der Waals surface area contributed by atoms with Gasteiger partial charge in [0.15, 0.2) is 0 Å². The van der Waals surface area contributed by atoms with Crippen LogP contribution < -0.4 is 5.32 Å². The van der Waals surface area contributed by atoms with Gasteiger partial charge in [-0.2, -0.15) is 13.2 Å². The molecule has 166 valence electrons. The highest BCUT2D eigenvalue weighted by Gasteiger charge is 2.45. The summed E-state index contributed by atoms with van der Waals surface area (Å²) in [5.74, 6) is -2.06. The van der Waals surface area contributed by atoms with Crippen LogP contribution in [0.25, 0.3) is 21.3 Å². The molecule has 3 aromatic rings. The molecule has 2 aromatic carbocycles. The Kier molecular flexibility index (Phi) is 6.85. The van der Waals surface area contributed by atoms with Crippen LogP contribution in [-0.4, -0.2) is 37.1 Å². The summed E-state index contributed by atoms with van der Waals surface area (Å²) >= 11 is 13.5. The summed E-state index contributed by atoms with van der Waals surface area (Å²) in [4.78, 5) is 16.7. The zero-order valence-corrected chi connectivity index (χ0v) is 18.8. The van der Waals surface area contributed by atoms with Gasteiger partial charge in [0.2, 0.25) is 14.2 Å². The number of amides is 1. The molecule has 1 aromatic heterocycles. The lowest BCUT2D eigenvalue weighted by Gasteiger charge is -2.16. The molecule has 0 atom stereocenters. The fourth-order valence-electron chi connectivity index (χ4n) is 2.66. The first kappa shape index (κ1) is 23.8. The number of sulfone groups is 1. The van der Waals surface area contributed by atoms with Crippen LogP contribution in [0.3, 0.4) is 0 Å². The van der Waals surface area contributed by atoms with E-state index in [-0.39, 0.29) is 11.6 Å². The number of hydrogen-bond donors (Lipinski definition) is 1. The lowest BCUT2D eigenvalue weighted by Crippen LogP contribution is -2.38. The predicted molar refractivity (Wildman–Crippen MR) is 116 cm³/mol. The predicted octanol–water partition coefficient (Wildman–Crippen LogP) is 5.03. The van der Waals surface area contributed by atoms with E-state index in [2.05, 4.69) is 10.3 Å². The number of fused-ring (bicyclic) bond motifs is 1. The second-order valence-corrected chi connectivity index (χ2v) is 11.0. The molecule has 0 aliphatic rings. The Hall–Kier alpha value is -1.88. The number of halogens is 5. The first-order valence-corrected chi connectivity index (χ1v) is 12.1. The van der Waals surface area contributed by atoms with Crippen LogP contribution >= 0.6 is 34.5 Å². The molecule has 0 aliphatic heterocycles. The minimum atomic E-state index is -5.33. The van der Waals surface area contributed by atoms with Crippen molar-refractivity contribution in [3.05, 3.63) is 53.5 Å². The Morgan fingerprint density at radius 1 is 1.06 bits per heavy atom. The van der Waals surface area contributed by atoms with E-state index in [1.807, 2.05) is 42.5 Å². The number of hydrogen-bond acceptors (Lipinski definition) is 5. The van der Waals surface area contributed by atoms with Crippen LogP contribution in [0.15, 0.2) is 48.5 Å². The molecule has 0 radical (unpaired) electrons. The molecule has 31 heavy (non-hydrogen) atoms. The summed E-state index contributed by atoms with van der Waals surface area (Å²) in [5.41, 5.74) is -2.82. The smallest absolute Gasteiger partial charge is 0.353 e. The van der Waals surface area contributed by atoms with E-state index < -0.39 is 37.8 Å². The van der Waals surface area contributed by atoms with Crippen LogP contribution in [0.4, 0.5) is 13.2 Å². The van der Waals surface area contributed by atoms with Gasteiger partial charge in [-0.15, -0.1) is 11.3 Å². The largest absolute Gasteiger partial charge is 0.497 e. The number of thiazole rings is 1. The van der Waals surface area contributed by atoms with E-state index in [4.69, 9.17) is 23.2 Å². The molecular weight excluding hydrogens is 496 g/mol. The fourth-order valence-corrected chi connectivity index (χ4v) is 4.84. The quantitative estimate of drug-likeness (QED) is 0.357. The molecule has 1 amide bonds. The van der Waals surface area contributed by atoms with Crippen LogP contribution in [0.1, 0.15) is 11.4 Å². The van der Waals surface area contributed by atoms with Crippen molar-refractivity contribution in [2.75, 3.05) is 12.3 Å². The standard InChI is InChI=1S/C19H15Cl2F3N2O3S2/c20-18(21,16(27)25-9-4-10-31(28,29)19(22,23)24)17-26-14-8-7-13(11-15(14)30-17)12-5-2-1-3-6-12/h1-3,5-8,11H,4,9-10H2,(H,25,27). The van der Waals surface area contributed by atoms with Crippen LogP contribution in [-0.2, 0) is 19.0 Å². The van der Waals surface area contributed by atoms with Gasteiger partial charge in [-0.1, -0.05) is 59.6 Å². The molecular formula is C19H15Cl2F3N2O3S2. The average Bonchev–Trinajstić information content (AvgIpc) is 3.15. The number of alkyl halides is 5. The van der Waals surface area contributed by atoms with Crippen molar-refractivity contribution in [1.29, 1.82) is 0 Å². The van der Waals surface area contributed by atoms with Gasteiger partial charge in [-0.25, -0.2) is 13.4 Å². The SMILES string of the molecule is O=C(NCCCS(=O)(=O)C(F)(F)F)C(Cl)(Cl)c1nc2ccc(-c3ccccc3)cc2s1. The number of carbonyl (C=O) groups excluding carboxylic acids is 1. The molecule has 0 bridgehead atoms. The minimum absolute atomic E-state index is 0.0939. The highest BCUT2D eigenvalue weighted by molar-refractivity contribution is 7.92. The number of nitrogens with zero attached hydrogens (tertiary/aromatic N) is 1. The number of nitrogens with one attached hydrogen (secondary N) is 1. The molecule has 3 rings (SSSR count). The number of rotatable bonds is 7. The van der Waals surface area contributed by atoms with E-state index >= 15 is 0 Å². The molecule has 0 saturated heterocycles. The second-order valence-electron chi connectivity index (χ2n) is 6.52. The maximum absolute atomic E-state index is 12.4. The summed E-state index contributed by atoms with van der Waals surface area (Å²) in [6.45, 7) is -0.349. The Labute approximate surface area is 190 Å². The van der Waals surface area contributed by atoms with Gasteiger partial charge in [0, 0.05) is 6.54 Å². The molecule has 1 heterocycles. The molecule has 1 N–H and O–H groups in total. The van der Waals surface area contributed by atoms with Gasteiger partial charge < -0.3 is 5.32 Å². The average molecular weight is 511 g/mol. The number of benzene rings is 2. The van der Waals surface area contributed by atoms with Gasteiger partial charge in [-0.05, 0) is 29.7 Å². The Morgan fingerprint density at radius 3 is 2.39 bits per heavy atom. The van der Waals surface area contributed by atoms with Gasteiger partial charge in [0.1, 0.15) is 5.01 Å². The topological polar surface area (TPSA) is 76.1 Å². The van der Waals surface area contributed by atoms with Crippen molar-refractivity contribution in [2.45, 2.75) is 16.3 Å². The van der Waals surface area contributed by atoms with Crippen molar-refractivity contribution >= 4 is 60.5 Å². The van der Waals surface area contributed by atoms with E-state index in [9.17, 15) is 26.4 Å². The fraction of sp³-hybridized carbons (Fsp3) is 0.263. The van der Waals surface area contributed by atoms with Gasteiger partial charge in [0.05, 0.1) is 16.0 Å². The first-order chi connectivity index (χ1) is 14.4. The van der Waals surface area contributed by atoms with Crippen LogP contribution in [0.2, 0.25) is 0 Å². The highest BCUT2D eigenvalue weighted by atomic mass is 35.5. The first-order valence-electron chi connectivity index (χ1n) is 8.83. The second kappa shape index (κ2) is 8.93. The zero-order valence-electron chi connectivity index (χ0n) is 15.6. The maximum atomic E-state index is 12.4. The monoisotopic (exact) mass is 510 g/mol. The molecule has 0 unspecified atom stereocenters. The summed E-state index contributed by atoms with van der Waals surface area (Å²) in [5, 5.41) is 2.35. The van der Waals surface area contributed by atoms with E-state index in [1.165, 1.54) is 0 Å². The molecule has 0 spiro atoms. The molecule has 5 nitrogen and oxygen atoms in total. The molecule has 0 saturated carbocycles. The highest BCUT2D eigenvalue weighted by Crippen LogP contribution is 2.39. The molecule has 0 fully saturated rings. The third-order valence-corrected chi connectivity index (χ3v) is 7.87. The lowest BCUT2D eigenvalue weighted by atomic mass is 10.1. The van der Waals surface area contributed by atoms with E-state index in [0.29, 0.717) is 5.52 Å². The van der Waals surface area contributed by atoms with Gasteiger partial charge >= 0.3 is 5.51 Å². The molecule has 0 aliphatic carbocycles. The maximum Gasteiger partial charge on any atom is 0.497 e. The normalized spacial score (nSPS) is 12.8. The van der Waals surface area contributed by atoms with E-state index in [0.717, 1.165) is 27.2 Å². The third-order valence-electron chi connectivity index (χ3n) is 4.28. The minimum Gasteiger partial charge on any atom is -0.353 e. The van der Waals surface area contributed by atoms with Crippen LogP contribution in [0, 0.1) is 0 Å². The van der Waals surface area contributed by atoms with Gasteiger partial charge in [-0.3, -0.25) is 4.79 Å². The van der Waals surface area contributed by atoms with Crippen molar-refractivity contribution < 1.29 is 26.4 Å². The Morgan fingerprint density at radius 2 is 1.74 bits per heavy atom. The number of carbonyl (C=O) groups is 1. The van der Waals surface area contributed by atoms with Crippen molar-refractivity contribution in [1.82, 2.24) is 10.3 Å². The Bertz CT molecular complexity index is 1200. The summed E-state index contributed by atoms with van der Waals surface area (Å²) in [7, 11) is -5.26. The Balaban J connectivity index is 1.70. The summed E-state index contributed by atoms with van der Waals surface area (Å²) in [6, 6.07) is 15.1. The van der Waals surface area contributed by atoms with Gasteiger partial charge in [0.25, 0.3) is 5.91 Å². The van der Waals surface area contributed by atoms with Crippen molar-refractivity contribution in [2.24, 2.45) is 0 Å². The van der Waals surface area contributed by atoms with Crippen molar-refractivity contribution in [3.63, 3.8) is 0 Å². The van der Waals surface area contributed by atoms with Crippen molar-refractivity contribution in [3.8, 4) is 11.1 Å². The summed E-state index contributed by atoms with van der Waals surface area (Å²) < 4.78 is 57.8. The number of aromatic nitrogens is 1. The summed E-state index contributed by atoms with van der Waals surface area (Å²) in [6.07, 6.45) is -0.447. The third kappa shape index (κ3) is 5.31. The van der Waals surface area contributed by atoms with E-state index in [1.54, 1.807) is 6.07 Å². The lowest BCUT2D eigenvalue weighted by molar-refractivity contribution is -0.121. The molecule has 12 heteroatoms.